The third-order valence-electron chi connectivity index (χ3n) is 5.18. The van der Waals surface area contributed by atoms with Gasteiger partial charge in [0, 0.05) is 26.2 Å². The summed E-state index contributed by atoms with van der Waals surface area (Å²) in [5.74, 6) is -0.794. The maximum absolute atomic E-state index is 14.4. The smallest absolute Gasteiger partial charge is 0.259 e. The van der Waals surface area contributed by atoms with Gasteiger partial charge in [-0.3, -0.25) is 4.79 Å². The summed E-state index contributed by atoms with van der Waals surface area (Å²) < 4.78 is 46.5. The molecule has 1 amide bonds. The molecule has 1 aliphatic rings. The van der Waals surface area contributed by atoms with Gasteiger partial charge in [0.15, 0.2) is 0 Å². The van der Waals surface area contributed by atoms with Gasteiger partial charge in [-0.05, 0) is 31.2 Å². The number of rotatable bonds is 4. The van der Waals surface area contributed by atoms with Crippen molar-refractivity contribution < 1.29 is 22.1 Å². The summed E-state index contributed by atoms with van der Waals surface area (Å²) in [7, 11) is -3.64. The normalized spacial score (nSPS) is 15.3. The lowest BCUT2D eigenvalue weighted by atomic mass is 10.0. The molecule has 0 spiro atoms. The van der Waals surface area contributed by atoms with E-state index in [1.807, 2.05) is 0 Å². The van der Waals surface area contributed by atoms with Crippen molar-refractivity contribution in [3.05, 3.63) is 70.7 Å². The molecule has 1 aromatic heterocycles. The van der Waals surface area contributed by atoms with Gasteiger partial charge in [0.2, 0.25) is 10.0 Å². The minimum atomic E-state index is -3.64. The molecule has 0 atom stereocenters. The van der Waals surface area contributed by atoms with Gasteiger partial charge >= 0.3 is 0 Å². The van der Waals surface area contributed by atoms with Crippen molar-refractivity contribution in [3.8, 4) is 11.3 Å². The van der Waals surface area contributed by atoms with Crippen molar-refractivity contribution in [1.82, 2.24) is 14.4 Å². The Labute approximate surface area is 184 Å². The zero-order valence-electron chi connectivity index (χ0n) is 16.6. The number of amides is 1. The highest BCUT2D eigenvalue weighted by molar-refractivity contribution is 7.89. The SMILES string of the molecule is Cc1onc(-c2c(F)cccc2Cl)c1C(=O)N1CCN(S(=O)(=O)c2ccccc2)CC1. The van der Waals surface area contributed by atoms with E-state index >= 15 is 0 Å². The molecule has 0 radical (unpaired) electrons. The Morgan fingerprint density at radius 1 is 1.06 bits per heavy atom. The van der Waals surface area contributed by atoms with E-state index in [9.17, 15) is 17.6 Å². The average molecular weight is 464 g/mol. The molecule has 1 fully saturated rings. The molecule has 0 bridgehead atoms. The fourth-order valence-corrected chi connectivity index (χ4v) is 5.25. The standard InChI is InChI=1S/C21H19ClFN3O4S/c1-14-18(20(24-30-14)19-16(22)8-5-9-17(19)23)21(27)25-10-12-26(13-11-25)31(28,29)15-6-3-2-4-7-15/h2-9H,10-13H2,1H3. The van der Waals surface area contributed by atoms with Crippen LogP contribution in [-0.2, 0) is 10.0 Å². The summed E-state index contributed by atoms with van der Waals surface area (Å²) in [6.07, 6.45) is 0. The molecule has 4 rings (SSSR count). The summed E-state index contributed by atoms with van der Waals surface area (Å²) in [5, 5.41) is 3.98. The van der Waals surface area contributed by atoms with E-state index in [-0.39, 0.29) is 58.7 Å². The van der Waals surface area contributed by atoms with Crippen LogP contribution < -0.4 is 0 Å². The van der Waals surface area contributed by atoms with Crippen molar-refractivity contribution in [2.75, 3.05) is 26.2 Å². The van der Waals surface area contributed by atoms with Gasteiger partial charge in [-0.1, -0.05) is 41.0 Å². The number of hydrogen-bond donors (Lipinski definition) is 0. The number of nitrogens with zero attached hydrogens (tertiary/aromatic N) is 3. The lowest BCUT2D eigenvalue weighted by Crippen LogP contribution is -2.50. The van der Waals surface area contributed by atoms with Crippen LogP contribution in [0.25, 0.3) is 11.3 Å². The molecule has 1 aliphatic heterocycles. The molecule has 0 unspecified atom stereocenters. The Kier molecular flexibility index (Phi) is 5.83. The van der Waals surface area contributed by atoms with Crippen LogP contribution in [0.3, 0.4) is 0 Å². The number of carbonyl (C=O) groups excluding carboxylic acids is 1. The zero-order valence-corrected chi connectivity index (χ0v) is 18.2. The van der Waals surface area contributed by atoms with Crippen molar-refractivity contribution in [1.29, 1.82) is 0 Å². The summed E-state index contributed by atoms with van der Waals surface area (Å²) in [5.41, 5.74) is 0.144. The monoisotopic (exact) mass is 463 g/mol. The van der Waals surface area contributed by atoms with Gasteiger partial charge in [0.1, 0.15) is 22.8 Å². The van der Waals surface area contributed by atoms with Crippen LogP contribution in [0.2, 0.25) is 5.02 Å². The maximum Gasteiger partial charge on any atom is 0.259 e. The molecule has 162 valence electrons. The number of carbonyl (C=O) groups is 1. The molecule has 2 aromatic carbocycles. The Hall–Kier alpha value is -2.75. The highest BCUT2D eigenvalue weighted by atomic mass is 35.5. The number of piperazine rings is 1. The second-order valence-electron chi connectivity index (χ2n) is 7.07. The van der Waals surface area contributed by atoms with Gasteiger partial charge in [-0.15, -0.1) is 0 Å². The molecular formula is C21H19ClFN3O4S. The van der Waals surface area contributed by atoms with Gasteiger partial charge in [-0.25, -0.2) is 12.8 Å². The summed E-state index contributed by atoms with van der Waals surface area (Å²) >= 11 is 6.14. The number of hydrogen-bond acceptors (Lipinski definition) is 5. The molecule has 7 nitrogen and oxygen atoms in total. The van der Waals surface area contributed by atoms with Gasteiger partial charge in [0.25, 0.3) is 5.91 Å². The topological polar surface area (TPSA) is 83.7 Å². The molecule has 0 aliphatic carbocycles. The Morgan fingerprint density at radius 2 is 1.74 bits per heavy atom. The first-order valence-corrected chi connectivity index (χ1v) is 11.4. The van der Waals surface area contributed by atoms with Gasteiger partial charge in [-0.2, -0.15) is 4.31 Å². The van der Waals surface area contributed by atoms with Crippen LogP contribution in [0.4, 0.5) is 4.39 Å². The second kappa shape index (κ2) is 8.41. The van der Waals surface area contributed by atoms with E-state index < -0.39 is 21.7 Å². The number of benzene rings is 2. The zero-order chi connectivity index (χ0) is 22.2. The second-order valence-corrected chi connectivity index (χ2v) is 9.41. The van der Waals surface area contributed by atoms with E-state index in [1.54, 1.807) is 25.1 Å². The third-order valence-corrected chi connectivity index (χ3v) is 7.41. The summed E-state index contributed by atoms with van der Waals surface area (Å²) in [6.45, 7) is 2.21. The molecule has 1 saturated heterocycles. The molecule has 0 saturated carbocycles. The third kappa shape index (κ3) is 3.96. The lowest BCUT2D eigenvalue weighted by Gasteiger charge is -2.34. The predicted molar refractivity (Wildman–Crippen MR) is 113 cm³/mol. The predicted octanol–water partition coefficient (Wildman–Crippen LogP) is 3.59. The summed E-state index contributed by atoms with van der Waals surface area (Å²) in [4.78, 5) is 14.9. The largest absolute Gasteiger partial charge is 0.360 e. The van der Waals surface area contributed by atoms with Crippen molar-refractivity contribution in [2.45, 2.75) is 11.8 Å². The minimum Gasteiger partial charge on any atom is -0.360 e. The van der Waals surface area contributed by atoms with Crippen LogP contribution in [0.1, 0.15) is 16.1 Å². The number of aromatic nitrogens is 1. The molecule has 31 heavy (non-hydrogen) atoms. The van der Waals surface area contributed by atoms with Crippen LogP contribution in [0, 0.1) is 12.7 Å². The molecular weight excluding hydrogens is 445 g/mol. The van der Waals surface area contributed by atoms with Crippen LogP contribution in [-0.4, -0.2) is 54.9 Å². The Morgan fingerprint density at radius 3 is 2.39 bits per heavy atom. The lowest BCUT2D eigenvalue weighted by molar-refractivity contribution is 0.0696. The fourth-order valence-electron chi connectivity index (χ4n) is 3.55. The summed E-state index contributed by atoms with van der Waals surface area (Å²) in [6, 6.07) is 12.3. The first-order valence-electron chi connectivity index (χ1n) is 9.56. The van der Waals surface area contributed by atoms with Crippen LogP contribution >= 0.6 is 11.6 Å². The highest BCUT2D eigenvalue weighted by Crippen LogP contribution is 2.34. The van der Waals surface area contributed by atoms with Gasteiger partial charge < -0.3 is 9.42 Å². The minimum absolute atomic E-state index is 0.00495. The molecule has 10 heteroatoms. The quantitative estimate of drug-likeness (QED) is 0.590. The first-order chi connectivity index (χ1) is 14.8. The van der Waals surface area contributed by atoms with Crippen LogP contribution in [0.15, 0.2) is 57.9 Å². The van der Waals surface area contributed by atoms with Crippen molar-refractivity contribution >= 4 is 27.5 Å². The molecule has 0 N–H and O–H groups in total. The van der Waals surface area contributed by atoms with Crippen molar-refractivity contribution in [3.63, 3.8) is 0 Å². The first kappa shape index (κ1) is 21.5. The Bertz CT molecular complexity index is 1200. The number of aryl methyl sites for hydroxylation is 1. The highest BCUT2D eigenvalue weighted by Gasteiger charge is 2.33. The van der Waals surface area contributed by atoms with E-state index in [0.29, 0.717) is 0 Å². The van der Waals surface area contributed by atoms with E-state index in [4.69, 9.17) is 16.1 Å². The number of sulfonamides is 1. The van der Waals surface area contributed by atoms with E-state index in [2.05, 4.69) is 5.16 Å². The number of halogens is 2. The average Bonchev–Trinajstić information content (AvgIpc) is 3.14. The fraction of sp³-hybridized carbons (Fsp3) is 0.238. The molecule has 3 aromatic rings. The molecule has 2 heterocycles. The van der Waals surface area contributed by atoms with Crippen LogP contribution in [0.5, 0.6) is 0 Å². The maximum atomic E-state index is 14.4. The van der Waals surface area contributed by atoms with E-state index in [0.717, 1.165) is 0 Å². The van der Waals surface area contributed by atoms with Gasteiger partial charge in [0.05, 0.1) is 15.5 Å². The Balaban J connectivity index is 1.56. The van der Waals surface area contributed by atoms with Crippen molar-refractivity contribution in [2.24, 2.45) is 0 Å². The van der Waals surface area contributed by atoms with E-state index in [1.165, 1.54) is 39.5 Å².